The Hall–Kier alpha value is -1.85. The van der Waals surface area contributed by atoms with E-state index in [9.17, 15) is 0 Å². The molecule has 2 aromatic rings. The molecule has 0 N–H and O–H groups in total. The molecule has 0 atom stereocenters. The number of nitrogens with zero attached hydrogens (tertiary/aromatic N) is 6. The Bertz CT molecular complexity index is 314. The van der Waals surface area contributed by atoms with Gasteiger partial charge in [-0.25, -0.2) is 0 Å². The van der Waals surface area contributed by atoms with Crippen LogP contribution >= 0.6 is 0 Å². The van der Waals surface area contributed by atoms with E-state index in [1.165, 1.54) is 11.0 Å². The minimum absolute atomic E-state index is 0.609. The molecule has 0 radical (unpaired) electrons. The van der Waals surface area contributed by atoms with Gasteiger partial charge in [0.1, 0.15) is 6.33 Å². The van der Waals surface area contributed by atoms with Crippen molar-refractivity contribution < 1.29 is 0 Å². The second-order valence-corrected chi connectivity index (χ2v) is 1.84. The predicted octanol–water partition coefficient (Wildman–Crippen LogP) is -0.548. The van der Waals surface area contributed by atoms with Gasteiger partial charge in [0.2, 0.25) is 0 Å². The molecule has 0 aliphatic heterocycles. The fourth-order valence-corrected chi connectivity index (χ4v) is 0.682. The van der Waals surface area contributed by atoms with Crippen LogP contribution < -0.4 is 0 Å². The Morgan fingerprint density at radius 2 is 2.27 bits per heavy atom. The smallest absolute Gasteiger partial charge is 0.179 e. The van der Waals surface area contributed by atoms with Gasteiger partial charge in [0, 0.05) is 6.20 Å². The van der Waals surface area contributed by atoms with E-state index >= 15 is 0 Å². The lowest BCUT2D eigenvalue weighted by atomic mass is 10.5. The largest absolute Gasteiger partial charge is 0.180 e. The summed E-state index contributed by atoms with van der Waals surface area (Å²) in [5.74, 6) is 0.609. The van der Waals surface area contributed by atoms with Crippen LogP contribution in [-0.4, -0.2) is 30.4 Å². The summed E-state index contributed by atoms with van der Waals surface area (Å²) < 4.78 is 1.44. The quantitative estimate of drug-likeness (QED) is 0.542. The first-order chi connectivity index (χ1) is 5.47. The highest BCUT2D eigenvalue weighted by Gasteiger charge is 1.95. The van der Waals surface area contributed by atoms with E-state index in [2.05, 4.69) is 25.7 Å². The summed E-state index contributed by atoms with van der Waals surface area (Å²) in [6.07, 6.45) is 3.05. The third-order valence-corrected chi connectivity index (χ3v) is 1.14. The molecule has 0 amide bonds. The third-order valence-electron chi connectivity index (χ3n) is 1.14. The first-order valence-electron chi connectivity index (χ1n) is 2.98. The van der Waals surface area contributed by atoms with Gasteiger partial charge in [-0.3, -0.25) is 0 Å². The van der Waals surface area contributed by atoms with Crippen LogP contribution in [0.5, 0.6) is 0 Å². The highest BCUT2D eigenvalue weighted by molar-refractivity contribution is 5.14. The monoisotopic (exact) mass is 148 g/mol. The van der Waals surface area contributed by atoms with Crippen LogP contribution in [0.15, 0.2) is 24.7 Å². The topological polar surface area (TPSA) is 69.4 Å². The van der Waals surface area contributed by atoms with Gasteiger partial charge >= 0.3 is 0 Å². The van der Waals surface area contributed by atoms with E-state index < -0.39 is 0 Å². The maximum Gasteiger partial charge on any atom is 0.179 e. The lowest BCUT2D eigenvalue weighted by molar-refractivity contribution is 0.755. The van der Waals surface area contributed by atoms with Crippen LogP contribution in [0.4, 0.5) is 0 Å². The molecule has 2 rings (SSSR count). The van der Waals surface area contributed by atoms with Crippen LogP contribution in [0.1, 0.15) is 0 Å². The van der Waals surface area contributed by atoms with Crippen molar-refractivity contribution >= 4 is 0 Å². The third kappa shape index (κ3) is 1.05. The zero-order valence-corrected chi connectivity index (χ0v) is 5.49. The Morgan fingerprint density at radius 3 is 2.91 bits per heavy atom. The van der Waals surface area contributed by atoms with Crippen LogP contribution in [0, 0.1) is 0 Å². The highest BCUT2D eigenvalue weighted by atomic mass is 15.5. The lowest BCUT2D eigenvalue weighted by Gasteiger charge is -1.92. The summed E-state index contributed by atoms with van der Waals surface area (Å²) in [4.78, 5) is 0. The van der Waals surface area contributed by atoms with Crippen LogP contribution in [0.2, 0.25) is 0 Å². The Morgan fingerprint density at radius 1 is 1.27 bits per heavy atom. The van der Waals surface area contributed by atoms with Crippen molar-refractivity contribution in [1.82, 2.24) is 30.4 Å². The second kappa shape index (κ2) is 2.41. The molecule has 0 aromatic carbocycles. The van der Waals surface area contributed by atoms with E-state index in [-0.39, 0.29) is 0 Å². The van der Waals surface area contributed by atoms with Crippen molar-refractivity contribution in [2.75, 3.05) is 0 Å². The van der Waals surface area contributed by atoms with E-state index in [1.807, 2.05) is 0 Å². The van der Waals surface area contributed by atoms with E-state index in [0.717, 1.165) is 0 Å². The molecule has 0 aliphatic carbocycles. The van der Waals surface area contributed by atoms with Gasteiger partial charge in [-0.1, -0.05) is 0 Å². The maximum absolute atomic E-state index is 3.79. The summed E-state index contributed by atoms with van der Waals surface area (Å²) in [6, 6.07) is 3.54. The van der Waals surface area contributed by atoms with Crippen LogP contribution in [0.25, 0.3) is 5.82 Å². The number of hydrogen-bond acceptors (Lipinski definition) is 5. The molecule has 0 saturated heterocycles. The number of hydrogen-bond donors (Lipinski definition) is 0. The normalized spacial score (nSPS) is 9.82. The first kappa shape index (κ1) is 5.90. The molecular weight excluding hydrogens is 144 g/mol. The first-order valence-corrected chi connectivity index (χ1v) is 2.98. The highest BCUT2D eigenvalue weighted by Crippen LogP contribution is 1.94. The van der Waals surface area contributed by atoms with E-state index in [0.29, 0.717) is 5.82 Å². The fraction of sp³-hybridized carbons (Fsp3) is 0. The van der Waals surface area contributed by atoms with Gasteiger partial charge in [-0.2, -0.15) is 9.78 Å². The SMILES string of the molecule is c1cnnc(-n2cnnn2)c1. The molecule has 6 nitrogen and oxygen atoms in total. The molecule has 54 valence electrons. The summed E-state index contributed by atoms with van der Waals surface area (Å²) in [6.45, 7) is 0. The lowest BCUT2D eigenvalue weighted by Crippen LogP contribution is -1.98. The van der Waals surface area contributed by atoms with Crippen LogP contribution in [0.3, 0.4) is 0 Å². The van der Waals surface area contributed by atoms with Gasteiger partial charge in [0.15, 0.2) is 5.82 Å². The molecular formula is C5H4N6. The van der Waals surface area contributed by atoms with Crippen molar-refractivity contribution in [2.45, 2.75) is 0 Å². The molecule has 0 bridgehead atoms. The zero-order valence-electron chi connectivity index (χ0n) is 5.49. The van der Waals surface area contributed by atoms with Gasteiger partial charge < -0.3 is 0 Å². The zero-order chi connectivity index (χ0) is 7.52. The summed E-state index contributed by atoms with van der Waals surface area (Å²) in [5, 5.41) is 18.0. The molecule has 0 fully saturated rings. The van der Waals surface area contributed by atoms with Crippen molar-refractivity contribution in [3.63, 3.8) is 0 Å². The number of rotatable bonds is 1. The van der Waals surface area contributed by atoms with Gasteiger partial charge in [-0.15, -0.1) is 10.2 Å². The molecule has 0 spiro atoms. The molecule has 0 saturated carbocycles. The van der Waals surface area contributed by atoms with Crippen molar-refractivity contribution in [1.29, 1.82) is 0 Å². The minimum atomic E-state index is 0.609. The minimum Gasteiger partial charge on any atom is -0.180 e. The second-order valence-electron chi connectivity index (χ2n) is 1.84. The Kier molecular flexibility index (Phi) is 1.29. The average Bonchev–Trinajstić information content (AvgIpc) is 2.58. The van der Waals surface area contributed by atoms with Crippen LogP contribution in [-0.2, 0) is 0 Å². The number of tetrazole rings is 1. The van der Waals surface area contributed by atoms with Crippen molar-refractivity contribution in [3.8, 4) is 5.82 Å². The van der Waals surface area contributed by atoms with Gasteiger partial charge in [0.25, 0.3) is 0 Å². The van der Waals surface area contributed by atoms with Crippen molar-refractivity contribution in [2.24, 2.45) is 0 Å². The number of aromatic nitrogens is 6. The summed E-state index contributed by atoms with van der Waals surface area (Å²) in [7, 11) is 0. The molecule has 2 aromatic heterocycles. The fourth-order valence-electron chi connectivity index (χ4n) is 0.682. The summed E-state index contributed by atoms with van der Waals surface area (Å²) >= 11 is 0. The molecule has 6 heteroatoms. The predicted molar refractivity (Wildman–Crippen MR) is 34.7 cm³/mol. The molecule has 0 unspecified atom stereocenters. The van der Waals surface area contributed by atoms with Gasteiger partial charge in [-0.05, 0) is 22.6 Å². The average molecular weight is 148 g/mol. The van der Waals surface area contributed by atoms with E-state index in [1.54, 1.807) is 18.3 Å². The molecule has 11 heavy (non-hydrogen) atoms. The standard InChI is InChI=1S/C5H4N6/c1-2-5(8-6-3-1)11-4-7-9-10-11/h1-4H. The Labute approximate surface area is 61.9 Å². The van der Waals surface area contributed by atoms with Crippen molar-refractivity contribution in [3.05, 3.63) is 24.7 Å². The Balaban J connectivity index is 2.46. The van der Waals surface area contributed by atoms with E-state index in [4.69, 9.17) is 0 Å². The molecule has 0 aliphatic rings. The summed E-state index contributed by atoms with van der Waals surface area (Å²) in [5.41, 5.74) is 0. The van der Waals surface area contributed by atoms with Gasteiger partial charge in [0.05, 0.1) is 0 Å². The molecule has 2 heterocycles. The maximum atomic E-state index is 3.79.